The lowest BCUT2D eigenvalue weighted by molar-refractivity contribution is 0.103. The molecule has 0 amide bonds. The van der Waals surface area contributed by atoms with Crippen molar-refractivity contribution in [1.29, 1.82) is 0 Å². The predicted octanol–water partition coefficient (Wildman–Crippen LogP) is 3.77. The van der Waals surface area contributed by atoms with Gasteiger partial charge in [0.05, 0.1) is 14.2 Å². The van der Waals surface area contributed by atoms with Crippen LogP contribution in [-0.2, 0) is 0 Å². The van der Waals surface area contributed by atoms with Crippen molar-refractivity contribution in [3.8, 4) is 17.2 Å². The van der Waals surface area contributed by atoms with Crippen molar-refractivity contribution in [2.45, 2.75) is 12.8 Å². The number of carbonyl (C=O) groups is 2. The second-order valence-electron chi connectivity index (χ2n) is 7.69. The van der Waals surface area contributed by atoms with E-state index in [4.69, 9.17) is 14.2 Å². The van der Waals surface area contributed by atoms with Gasteiger partial charge in [-0.05, 0) is 55.6 Å². The first-order valence-corrected chi connectivity index (χ1v) is 10.6. The van der Waals surface area contributed by atoms with Crippen molar-refractivity contribution in [1.82, 2.24) is 9.88 Å². The van der Waals surface area contributed by atoms with E-state index in [0.29, 0.717) is 45.8 Å². The fourth-order valence-electron chi connectivity index (χ4n) is 4.01. The standard InChI is InChI=1S/C25H26N2O5/c1-30-19-7-5-6-17(12-19)25(29)24-21-14-23(32-11-10-27-8-3-4-9-27)22(31-2)13-20(21)18(16-28)15-26-24/h5-7,12-16H,3-4,8-11H2,1-2H3. The number of hydrogen-bond donors (Lipinski definition) is 0. The summed E-state index contributed by atoms with van der Waals surface area (Å²) >= 11 is 0. The van der Waals surface area contributed by atoms with Crippen LogP contribution in [0.3, 0.4) is 0 Å². The van der Waals surface area contributed by atoms with Crippen LogP contribution in [0.5, 0.6) is 17.2 Å². The molecule has 7 nitrogen and oxygen atoms in total. The van der Waals surface area contributed by atoms with Crippen molar-refractivity contribution in [3.63, 3.8) is 0 Å². The molecular formula is C25H26N2O5. The number of carbonyl (C=O) groups excluding carboxylic acids is 2. The lowest BCUT2D eigenvalue weighted by Gasteiger charge is -2.17. The molecule has 0 radical (unpaired) electrons. The minimum atomic E-state index is -0.264. The molecule has 32 heavy (non-hydrogen) atoms. The highest BCUT2D eigenvalue weighted by molar-refractivity contribution is 6.17. The summed E-state index contributed by atoms with van der Waals surface area (Å²) in [5.41, 5.74) is 1.07. The third kappa shape index (κ3) is 4.43. The molecule has 7 heteroatoms. The highest BCUT2D eigenvalue weighted by Gasteiger charge is 2.20. The number of fused-ring (bicyclic) bond motifs is 1. The van der Waals surface area contributed by atoms with Crippen molar-refractivity contribution in [3.05, 3.63) is 59.4 Å². The Morgan fingerprint density at radius 2 is 1.84 bits per heavy atom. The highest BCUT2D eigenvalue weighted by Crippen LogP contribution is 2.35. The second kappa shape index (κ2) is 9.78. The minimum Gasteiger partial charge on any atom is -0.497 e. The van der Waals surface area contributed by atoms with Crippen LogP contribution in [0.2, 0.25) is 0 Å². The van der Waals surface area contributed by atoms with Gasteiger partial charge in [0.1, 0.15) is 18.1 Å². The normalized spacial score (nSPS) is 13.8. The van der Waals surface area contributed by atoms with Gasteiger partial charge in [0.15, 0.2) is 17.8 Å². The van der Waals surface area contributed by atoms with Gasteiger partial charge in [-0.15, -0.1) is 0 Å². The molecule has 1 aliphatic heterocycles. The summed E-state index contributed by atoms with van der Waals surface area (Å²) in [5, 5.41) is 1.13. The zero-order chi connectivity index (χ0) is 22.5. The third-order valence-corrected chi connectivity index (χ3v) is 5.74. The van der Waals surface area contributed by atoms with Gasteiger partial charge in [-0.2, -0.15) is 0 Å². The molecule has 1 fully saturated rings. The molecule has 166 valence electrons. The van der Waals surface area contributed by atoms with E-state index >= 15 is 0 Å². The summed E-state index contributed by atoms with van der Waals surface area (Å²) in [5.74, 6) is 1.34. The maximum Gasteiger partial charge on any atom is 0.212 e. The lowest BCUT2D eigenvalue weighted by atomic mass is 9.99. The molecule has 2 aromatic carbocycles. The molecule has 4 rings (SSSR count). The Labute approximate surface area is 186 Å². The maximum atomic E-state index is 13.3. The topological polar surface area (TPSA) is 78.0 Å². The van der Waals surface area contributed by atoms with Crippen LogP contribution in [-0.4, -0.2) is 62.4 Å². The number of rotatable bonds is 9. The van der Waals surface area contributed by atoms with Gasteiger partial charge in [0, 0.05) is 29.3 Å². The number of hydrogen-bond acceptors (Lipinski definition) is 7. The molecule has 0 atom stereocenters. The van der Waals surface area contributed by atoms with Crippen LogP contribution in [0.1, 0.15) is 39.3 Å². The Bertz CT molecular complexity index is 1140. The largest absolute Gasteiger partial charge is 0.497 e. The third-order valence-electron chi connectivity index (χ3n) is 5.74. The number of aromatic nitrogens is 1. The summed E-state index contributed by atoms with van der Waals surface area (Å²) in [4.78, 5) is 31.6. The molecule has 2 heterocycles. The first-order chi connectivity index (χ1) is 15.6. The molecular weight excluding hydrogens is 408 g/mol. The van der Waals surface area contributed by atoms with Gasteiger partial charge < -0.3 is 14.2 Å². The molecule has 0 N–H and O–H groups in total. The summed E-state index contributed by atoms with van der Waals surface area (Å²) < 4.78 is 16.8. The van der Waals surface area contributed by atoms with Crippen LogP contribution < -0.4 is 14.2 Å². The summed E-state index contributed by atoms with van der Waals surface area (Å²) in [7, 11) is 3.10. The van der Waals surface area contributed by atoms with Gasteiger partial charge in [-0.25, -0.2) is 0 Å². The van der Waals surface area contributed by atoms with E-state index in [2.05, 4.69) is 9.88 Å². The molecule has 0 unspecified atom stereocenters. The molecule has 0 saturated carbocycles. The second-order valence-corrected chi connectivity index (χ2v) is 7.69. The first kappa shape index (κ1) is 21.8. The molecule has 0 aliphatic carbocycles. The van der Waals surface area contributed by atoms with Crippen molar-refractivity contribution < 1.29 is 23.8 Å². The van der Waals surface area contributed by atoms with Gasteiger partial charge in [-0.3, -0.25) is 19.5 Å². The van der Waals surface area contributed by atoms with E-state index in [1.54, 1.807) is 50.6 Å². The zero-order valence-electron chi connectivity index (χ0n) is 18.3. The van der Waals surface area contributed by atoms with E-state index in [0.717, 1.165) is 25.9 Å². The number of methoxy groups -OCH3 is 2. The molecule has 1 aromatic heterocycles. The number of nitrogens with zero attached hydrogens (tertiary/aromatic N) is 2. The number of aldehydes is 1. The van der Waals surface area contributed by atoms with E-state index in [1.807, 2.05) is 0 Å². The van der Waals surface area contributed by atoms with Crippen LogP contribution in [0.15, 0.2) is 42.6 Å². The monoisotopic (exact) mass is 434 g/mol. The highest BCUT2D eigenvalue weighted by atomic mass is 16.5. The van der Waals surface area contributed by atoms with Crippen molar-refractivity contribution in [2.24, 2.45) is 0 Å². The number of ether oxygens (including phenoxy) is 3. The smallest absolute Gasteiger partial charge is 0.212 e. The van der Waals surface area contributed by atoms with Gasteiger partial charge >= 0.3 is 0 Å². The van der Waals surface area contributed by atoms with Gasteiger partial charge in [0.2, 0.25) is 5.78 Å². The van der Waals surface area contributed by atoms with Crippen LogP contribution in [0.25, 0.3) is 10.8 Å². The molecule has 1 aliphatic rings. The van der Waals surface area contributed by atoms with E-state index < -0.39 is 0 Å². The fourth-order valence-corrected chi connectivity index (χ4v) is 4.01. The maximum absolute atomic E-state index is 13.3. The average molecular weight is 434 g/mol. The van der Waals surface area contributed by atoms with Gasteiger partial charge in [-0.1, -0.05) is 12.1 Å². The zero-order valence-corrected chi connectivity index (χ0v) is 18.3. The molecule has 0 spiro atoms. The van der Waals surface area contributed by atoms with Crippen molar-refractivity contribution >= 4 is 22.8 Å². The van der Waals surface area contributed by atoms with Gasteiger partial charge in [0.25, 0.3) is 0 Å². The first-order valence-electron chi connectivity index (χ1n) is 10.6. The van der Waals surface area contributed by atoms with Crippen LogP contribution in [0, 0.1) is 0 Å². The lowest BCUT2D eigenvalue weighted by Crippen LogP contribution is -2.25. The molecule has 1 saturated heterocycles. The Balaban J connectivity index is 1.73. The number of ketones is 1. The van der Waals surface area contributed by atoms with Crippen LogP contribution in [0.4, 0.5) is 0 Å². The Kier molecular flexibility index (Phi) is 6.66. The fraction of sp³-hybridized carbons (Fsp3) is 0.320. The SMILES string of the molecule is COc1cccc(C(=O)c2ncc(C=O)c3cc(OC)c(OCCN4CCCC4)cc23)c1. The minimum absolute atomic E-state index is 0.242. The Morgan fingerprint density at radius 1 is 1.06 bits per heavy atom. The molecule has 3 aromatic rings. The van der Waals surface area contributed by atoms with Crippen molar-refractivity contribution in [2.75, 3.05) is 40.5 Å². The summed E-state index contributed by atoms with van der Waals surface area (Å²) in [6.45, 7) is 3.50. The van der Waals surface area contributed by atoms with E-state index in [9.17, 15) is 9.59 Å². The Hall–Kier alpha value is -3.45. The van der Waals surface area contributed by atoms with Crippen LogP contribution >= 0.6 is 0 Å². The predicted molar refractivity (Wildman–Crippen MR) is 121 cm³/mol. The number of benzene rings is 2. The number of likely N-dealkylation sites (tertiary alicyclic amines) is 1. The Morgan fingerprint density at radius 3 is 2.56 bits per heavy atom. The number of pyridine rings is 1. The summed E-state index contributed by atoms with van der Waals surface area (Å²) in [6.07, 6.45) is 4.57. The summed E-state index contributed by atoms with van der Waals surface area (Å²) in [6, 6.07) is 10.4. The average Bonchev–Trinajstić information content (AvgIpc) is 3.36. The molecule has 0 bridgehead atoms. The quantitative estimate of drug-likeness (QED) is 0.375. The van der Waals surface area contributed by atoms with E-state index in [-0.39, 0.29) is 11.5 Å². The van der Waals surface area contributed by atoms with E-state index in [1.165, 1.54) is 19.0 Å².